The standard InChI is InChI=1S/C14H19N3O2/c1-18-8-9-19-14-4-6-17(7-5-14)13-3-2-12(10-15)16-11-13/h2-3,11,14H,4-9H2,1H3. The van der Waals surface area contributed by atoms with Gasteiger partial charge in [-0.05, 0) is 25.0 Å². The molecule has 0 atom stereocenters. The third-order valence-corrected chi connectivity index (χ3v) is 3.31. The minimum absolute atomic E-state index is 0.331. The van der Waals surface area contributed by atoms with Crippen molar-refractivity contribution in [3.05, 3.63) is 24.0 Å². The van der Waals surface area contributed by atoms with Gasteiger partial charge in [0.2, 0.25) is 0 Å². The Morgan fingerprint density at radius 1 is 1.37 bits per heavy atom. The van der Waals surface area contributed by atoms with E-state index in [4.69, 9.17) is 14.7 Å². The number of nitriles is 1. The second-order valence-electron chi connectivity index (χ2n) is 4.56. The van der Waals surface area contributed by atoms with Gasteiger partial charge in [0.05, 0.1) is 31.2 Å². The molecule has 0 aromatic carbocycles. The second kappa shape index (κ2) is 7.07. The van der Waals surface area contributed by atoms with Crippen molar-refractivity contribution in [2.24, 2.45) is 0 Å². The van der Waals surface area contributed by atoms with Crippen LogP contribution in [0.15, 0.2) is 18.3 Å². The first-order chi connectivity index (χ1) is 9.33. The molecule has 1 aromatic heterocycles. The molecule has 0 bridgehead atoms. The highest BCUT2D eigenvalue weighted by molar-refractivity contribution is 5.46. The molecule has 0 aliphatic carbocycles. The monoisotopic (exact) mass is 261 g/mol. The normalized spacial score (nSPS) is 16.3. The first-order valence-electron chi connectivity index (χ1n) is 6.55. The predicted octanol–water partition coefficient (Wildman–Crippen LogP) is 1.59. The number of ether oxygens (including phenoxy) is 2. The zero-order valence-corrected chi connectivity index (χ0v) is 11.2. The Bertz CT molecular complexity index is 419. The Morgan fingerprint density at radius 3 is 2.74 bits per heavy atom. The molecule has 5 nitrogen and oxygen atoms in total. The van der Waals surface area contributed by atoms with Gasteiger partial charge in [-0.2, -0.15) is 5.26 Å². The number of aromatic nitrogens is 1. The maximum absolute atomic E-state index is 8.72. The van der Waals surface area contributed by atoms with Crippen molar-refractivity contribution in [3.63, 3.8) is 0 Å². The van der Waals surface area contributed by atoms with Crippen molar-refractivity contribution in [2.75, 3.05) is 38.3 Å². The average Bonchev–Trinajstić information content (AvgIpc) is 2.48. The molecule has 0 amide bonds. The van der Waals surface area contributed by atoms with Crippen LogP contribution < -0.4 is 4.90 Å². The number of pyridine rings is 1. The first-order valence-corrected chi connectivity index (χ1v) is 6.55. The van der Waals surface area contributed by atoms with Crippen LogP contribution >= 0.6 is 0 Å². The molecule has 1 aliphatic rings. The van der Waals surface area contributed by atoms with E-state index in [0.717, 1.165) is 31.6 Å². The van der Waals surface area contributed by atoms with Gasteiger partial charge in [-0.1, -0.05) is 0 Å². The van der Waals surface area contributed by atoms with E-state index in [0.29, 0.717) is 25.0 Å². The summed E-state index contributed by atoms with van der Waals surface area (Å²) in [5.41, 5.74) is 1.54. The van der Waals surface area contributed by atoms with Gasteiger partial charge < -0.3 is 14.4 Å². The van der Waals surface area contributed by atoms with Gasteiger partial charge >= 0.3 is 0 Å². The summed E-state index contributed by atoms with van der Waals surface area (Å²) >= 11 is 0. The van der Waals surface area contributed by atoms with Crippen LogP contribution in [0.5, 0.6) is 0 Å². The van der Waals surface area contributed by atoms with E-state index in [9.17, 15) is 0 Å². The molecule has 0 spiro atoms. The largest absolute Gasteiger partial charge is 0.382 e. The van der Waals surface area contributed by atoms with Gasteiger partial charge in [0.1, 0.15) is 11.8 Å². The van der Waals surface area contributed by atoms with Crippen LogP contribution in [0.1, 0.15) is 18.5 Å². The summed E-state index contributed by atoms with van der Waals surface area (Å²) in [5, 5.41) is 8.72. The van der Waals surface area contributed by atoms with Crippen LogP contribution in [0.3, 0.4) is 0 Å². The fourth-order valence-electron chi connectivity index (χ4n) is 2.22. The third kappa shape index (κ3) is 3.91. The highest BCUT2D eigenvalue weighted by Gasteiger charge is 2.19. The maximum Gasteiger partial charge on any atom is 0.140 e. The van der Waals surface area contributed by atoms with E-state index in [-0.39, 0.29) is 0 Å². The number of rotatable bonds is 5. The van der Waals surface area contributed by atoms with Gasteiger partial charge in [0, 0.05) is 20.2 Å². The summed E-state index contributed by atoms with van der Waals surface area (Å²) in [5.74, 6) is 0. The molecule has 0 saturated carbocycles. The SMILES string of the molecule is COCCOC1CCN(c2ccc(C#N)nc2)CC1. The number of piperidine rings is 1. The average molecular weight is 261 g/mol. The van der Waals surface area contributed by atoms with Crippen LogP contribution in [-0.2, 0) is 9.47 Å². The molecule has 0 radical (unpaired) electrons. The molecule has 1 aromatic rings. The molecular weight excluding hydrogens is 242 g/mol. The quantitative estimate of drug-likeness (QED) is 0.753. The lowest BCUT2D eigenvalue weighted by Gasteiger charge is -2.33. The zero-order chi connectivity index (χ0) is 13.5. The molecule has 1 fully saturated rings. The maximum atomic E-state index is 8.72. The van der Waals surface area contributed by atoms with E-state index in [1.54, 1.807) is 19.4 Å². The van der Waals surface area contributed by atoms with Gasteiger partial charge in [-0.15, -0.1) is 0 Å². The van der Waals surface area contributed by atoms with Crippen LogP contribution in [0, 0.1) is 11.3 Å². The molecule has 102 valence electrons. The van der Waals surface area contributed by atoms with E-state index in [1.807, 2.05) is 12.1 Å². The summed E-state index contributed by atoms with van der Waals surface area (Å²) in [6.07, 6.45) is 4.13. The lowest BCUT2D eigenvalue weighted by molar-refractivity contribution is 0.00610. The highest BCUT2D eigenvalue weighted by atomic mass is 16.5. The Hall–Kier alpha value is -1.64. The summed E-state index contributed by atoms with van der Waals surface area (Å²) in [6, 6.07) is 5.75. The van der Waals surface area contributed by atoms with E-state index in [1.165, 1.54) is 0 Å². The molecule has 1 aliphatic heterocycles. The fourth-order valence-corrected chi connectivity index (χ4v) is 2.22. The Labute approximate surface area is 113 Å². The van der Waals surface area contributed by atoms with Gasteiger partial charge in [-0.25, -0.2) is 4.98 Å². The lowest BCUT2D eigenvalue weighted by Crippen LogP contribution is -2.37. The second-order valence-corrected chi connectivity index (χ2v) is 4.56. The molecule has 5 heteroatoms. The van der Waals surface area contributed by atoms with Gasteiger partial charge in [0.25, 0.3) is 0 Å². The summed E-state index contributed by atoms with van der Waals surface area (Å²) in [7, 11) is 1.68. The lowest BCUT2D eigenvalue weighted by atomic mass is 10.1. The fraction of sp³-hybridized carbons (Fsp3) is 0.571. The van der Waals surface area contributed by atoms with Crippen molar-refractivity contribution in [1.82, 2.24) is 4.98 Å². The Kier molecular flexibility index (Phi) is 5.13. The Balaban J connectivity index is 1.80. The van der Waals surface area contributed by atoms with Crippen molar-refractivity contribution < 1.29 is 9.47 Å². The van der Waals surface area contributed by atoms with Crippen LogP contribution in [0.25, 0.3) is 0 Å². The number of nitrogens with zero attached hydrogens (tertiary/aromatic N) is 3. The number of methoxy groups -OCH3 is 1. The van der Waals surface area contributed by atoms with Gasteiger partial charge in [0.15, 0.2) is 0 Å². The van der Waals surface area contributed by atoms with E-state index >= 15 is 0 Å². The molecule has 19 heavy (non-hydrogen) atoms. The van der Waals surface area contributed by atoms with Crippen molar-refractivity contribution >= 4 is 5.69 Å². The van der Waals surface area contributed by atoms with Crippen molar-refractivity contribution in [1.29, 1.82) is 5.26 Å². The van der Waals surface area contributed by atoms with E-state index < -0.39 is 0 Å². The van der Waals surface area contributed by atoms with Crippen LogP contribution in [0.4, 0.5) is 5.69 Å². The summed E-state index contributed by atoms with van der Waals surface area (Å²) in [6.45, 7) is 3.25. The minimum Gasteiger partial charge on any atom is -0.382 e. The minimum atomic E-state index is 0.331. The summed E-state index contributed by atoms with van der Waals surface area (Å²) < 4.78 is 10.7. The Morgan fingerprint density at radius 2 is 2.16 bits per heavy atom. The van der Waals surface area contributed by atoms with Gasteiger partial charge in [-0.3, -0.25) is 0 Å². The van der Waals surface area contributed by atoms with Crippen LogP contribution in [-0.4, -0.2) is 44.5 Å². The number of anilines is 1. The predicted molar refractivity (Wildman–Crippen MR) is 72.0 cm³/mol. The molecule has 2 rings (SSSR count). The number of hydrogen-bond acceptors (Lipinski definition) is 5. The first kappa shape index (κ1) is 13.8. The zero-order valence-electron chi connectivity index (χ0n) is 11.2. The molecule has 1 saturated heterocycles. The smallest absolute Gasteiger partial charge is 0.140 e. The van der Waals surface area contributed by atoms with Crippen LogP contribution in [0.2, 0.25) is 0 Å². The van der Waals surface area contributed by atoms with E-state index in [2.05, 4.69) is 9.88 Å². The topological polar surface area (TPSA) is 58.4 Å². The van der Waals surface area contributed by atoms with Crippen molar-refractivity contribution in [2.45, 2.75) is 18.9 Å². The molecular formula is C14H19N3O2. The molecule has 0 unspecified atom stereocenters. The van der Waals surface area contributed by atoms with Crippen molar-refractivity contribution in [3.8, 4) is 6.07 Å². The molecule has 2 heterocycles. The summed E-state index contributed by atoms with van der Waals surface area (Å²) in [4.78, 5) is 6.38. The molecule has 0 N–H and O–H groups in total. The number of hydrogen-bond donors (Lipinski definition) is 0. The third-order valence-electron chi connectivity index (χ3n) is 3.31. The highest BCUT2D eigenvalue weighted by Crippen LogP contribution is 2.20.